The molecule has 1 atom stereocenters. The number of hydrogen-bond donors (Lipinski definition) is 0. The van der Waals surface area contributed by atoms with Crippen molar-refractivity contribution in [2.75, 3.05) is 72.3 Å². The Morgan fingerprint density at radius 2 is 1.16 bits per heavy atom. The Kier molecular flexibility index (Phi) is 12.5. The lowest BCUT2D eigenvalue weighted by Crippen LogP contribution is -2.30. The quantitative estimate of drug-likeness (QED) is 0.241. The second-order valence-corrected chi connectivity index (χ2v) is 7.73. The fraction of sp³-hybridized carbons (Fsp3) is 0.619. The molecule has 1 aromatic rings. The average Bonchev–Trinajstić information content (AvgIpc) is 3.00. The van der Waals surface area contributed by atoms with E-state index in [0.717, 1.165) is 6.42 Å². The molecular weight excluding hydrogens is 426 g/mol. The monoisotopic (exact) mass is 457 g/mol. The Hall–Kier alpha value is -1.69. The summed E-state index contributed by atoms with van der Waals surface area (Å²) < 4.78 is 37.0. The van der Waals surface area contributed by atoms with Gasteiger partial charge in [0.2, 0.25) is 0 Å². The number of hydrogen-bond acceptors (Lipinski definition) is 8. The molecule has 0 saturated heterocycles. The maximum atomic E-state index is 12.2. The van der Waals surface area contributed by atoms with Crippen molar-refractivity contribution in [3.05, 3.63) is 35.4 Å². The summed E-state index contributed by atoms with van der Waals surface area (Å²) in [6.07, 6.45) is 2.93. The molecule has 2 rings (SSSR count). The summed E-state index contributed by atoms with van der Waals surface area (Å²) in [5, 5.41) is 0. The number of carbonyl (C=O) groups excluding carboxylic acids is 2. The van der Waals surface area contributed by atoms with Gasteiger partial charge in [-0.25, -0.2) is 4.21 Å². The van der Waals surface area contributed by atoms with Gasteiger partial charge in [-0.3, -0.25) is 18.7 Å². The first-order chi connectivity index (χ1) is 15.1. The zero-order valence-corrected chi connectivity index (χ0v) is 18.7. The van der Waals surface area contributed by atoms with Crippen LogP contribution < -0.4 is 0 Å². The molecular formula is C21H31NO8S. The van der Waals surface area contributed by atoms with Crippen molar-refractivity contribution in [2.45, 2.75) is 12.8 Å². The first-order valence-corrected chi connectivity index (χ1v) is 11.8. The van der Waals surface area contributed by atoms with Crippen LogP contribution in [-0.4, -0.2) is 93.2 Å². The zero-order valence-electron chi connectivity index (χ0n) is 17.9. The number of amides is 2. The van der Waals surface area contributed by atoms with E-state index in [0.29, 0.717) is 83.6 Å². The van der Waals surface area contributed by atoms with E-state index in [1.807, 2.05) is 0 Å². The van der Waals surface area contributed by atoms with E-state index in [-0.39, 0.29) is 11.8 Å². The van der Waals surface area contributed by atoms with Crippen molar-refractivity contribution in [1.82, 2.24) is 4.90 Å². The van der Waals surface area contributed by atoms with Crippen molar-refractivity contribution < 1.29 is 36.9 Å². The minimum absolute atomic E-state index is 0.216. The van der Waals surface area contributed by atoms with Crippen molar-refractivity contribution in [1.29, 1.82) is 0 Å². The zero-order chi connectivity index (χ0) is 22.3. The smallest absolute Gasteiger partial charge is 0.261 e. The fourth-order valence-corrected chi connectivity index (χ4v) is 3.19. The predicted octanol–water partition coefficient (Wildman–Crippen LogP) is 1.44. The molecule has 31 heavy (non-hydrogen) atoms. The third kappa shape index (κ3) is 9.55. The van der Waals surface area contributed by atoms with E-state index < -0.39 is 11.1 Å². The van der Waals surface area contributed by atoms with Gasteiger partial charge in [0, 0.05) is 19.4 Å². The lowest BCUT2D eigenvalue weighted by Gasteiger charge is -2.13. The van der Waals surface area contributed by atoms with E-state index in [9.17, 15) is 13.8 Å². The number of rotatable bonds is 18. The molecule has 0 radical (unpaired) electrons. The molecule has 1 heterocycles. The summed E-state index contributed by atoms with van der Waals surface area (Å²) in [5.74, 6) is -0.432. The summed E-state index contributed by atoms with van der Waals surface area (Å²) in [5.41, 5.74) is 0.968. The third-order valence-electron chi connectivity index (χ3n) is 4.39. The van der Waals surface area contributed by atoms with E-state index in [1.165, 1.54) is 11.2 Å². The molecule has 2 amide bonds. The summed E-state index contributed by atoms with van der Waals surface area (Å²) in [4.78, 5) is 25.8. The maximum Gasteiger partial charge on any atom is 0.261 e. The molecule has 0 N–H and O–H groups in total. The van der Waals surface area contributed by atoms with Crippen molar-refractivity contribution in [3.8, 4) is 0 Å². The highest BCUT2D eigenvalue weighted by Gasteiger charge is 2.34. The van der Waals surface area contributed by atoms with Crippen LogP contribution in [0.5, 0.6) is 0 Å². The molecule has 1 unspecified atom stereocenters. The minimum atomic E-state index is -1.26. The van der Waals surface area contributed by atoms with Crippen molar-refractivity contribution >= 4 is 22.9 Å². The van der Waals surface area contributed by atoms with E-state index in [4.69, 9.17) is 23.1 Å². The van der Waals surface area contributed by atoms with Gasteiger partial charge in [0.1, 0.15) is 0 Å². The SMILES string of the molecule is CS(=O)OCCOCCOCCOCCOCCCCN1C(=O)c2ccccc2C1=O. The highest BCUT2D eigenvalue weighted by molar-refractivity contribution is 7.79. The molecule has 0 aromatic heterocycles. The molecule has 0 aliphatic carbocycles. The van der Waals surface area contributed by atoms with Crippen LogP contribution in [0.1, 0.15) is 33.6 Å². The first kappa shape index (κ1) is 25.6. The molecule has 0 saturated carbocycles. The van der Waals surface area contributed by atoms with Gasteiger partial charge < -0.3 is 18.9 Å². The number of ether oxygens (including phenoxy) is 4. The number of nitrogens with zero attached hydrogens (tertiary/aromatic N) is 1. The molecule has 0 bridgehead atoms. The Labute approximate surface area is 185 Å². The second-order valence-electron chi connectivity index (χ2n) is 6.69. The standard InChI is InChI=1S/C21H31NO8S/c1-31(25)30-17-16-29-15-14-28-13-12-27-11-10-26-9-5-4-8-22-20(23)18-6-2-3-7-19(18)21(22)24/h2-3,6-7H,4-5,8-17H2,1H3. The Morgan fingerprint density at radius 1 is 0.710 bits per heavy atom. The molecule has 9 nitrogen and oxygen atoms in total. The van der Waals surface area contributed by atoms with Crippen LogP contribution >= 0.6 is 0 Å². The van der Waals surface area contributed by atoms with Crippen LogP contribution in [0.4, 0.5) is 0 Å². The normalized spacial score (nSPS) is 14.3. The van der Waals surface area contributed by atoms with Gasteiger partial charge in [-0.2, -0.15) is 0 Å². The molecule has 10 heteroatoms. The van der Waals surface area contributed by atoms with Crippen molar-refractivity contribution in [2.24, 2.45) is 0 Å². The number of carbonyl (C=O) groups is 2. The van der Waals surface area contributed by atoms with Gasteiger partial charge in [-0.15, -0.1) is 0 Å². The summed E-state index contributed by atoms with van der Waals surface area (Å²) in [6, 6.07) is 6.90. The van der Waals surface area contributed by atoms with Gasteiger partial charge in [0.05, 0.1) is 64.0 Å². The number of benzene rings is 1. The molecule has 1 aromatic carbocycles. The van der Waals surface area contributed by atoms with Crippen LogP contribution in [0.2, 0.25) is 0 Å². The van der Waals surface area contributed by atoms with Gasteiger partial charge in [0.15, 0.2) is 11.1 Å². The Balaban J connectivity index is 1.34. The molecule has 1 aliphatic heterocycles. The van der Waals surface area contributed by atoms with Crippen LogP contribution in [-0.2, 0) is 34.2 Å². The highest BCUT2D eigenvalue weighted by Crippen LogP contribution is 2.22. The topological polar surface area (TPSA) is 101 Å². The minimum Gasteiger partial charge on any atom is -0.379 e. The number of fused-ring (bicyclic) bond motifs is 1. The second kappa shape index (κ2) is 15.2. The van der Waals surface area contributed by atoms with Gasteiger partial charge in [-0.05, 0) is 25.0 Å². The van der Waals surface area contributed by atoms with Crippen LogP contribution in [0.25, 0.3) is 0 Å². The van der Waals surface area contributed by atoms with E-state index >= 15 is 0 Å². The Morgan fingerprint density at radius 3 is 1.65 bits per heavy atom. The summed E-state index contributed by atoms with van der Waals surface area (Å²) in [7, 11) is 0. The largest absolute Gasteiger partial charge is 0.379 e. The van der Waals surface area contributed by atoms with Gasteiger partial charge in [0.25, 0.3) is 11.8 Å². The first-order valence-electron chi connectivity index (χ1n) is 10.3. The number of unbranched alkanes of at least 4 members (excludes halogenated alkanes) is 1. The maximum absolute atomic E-state index is 12.2. The molecule has 174 valence electrons. The predicted molar refractivity (Wildman–Crippen MR) is 114 cm³/mol. The molecule has 0 spiro atoms. The number of imide groups is 1. The average molecular weight is 458 g/mol. The van der Waals surface area contributed by atoms with Crippen LogP contribution in [0.3, 0.4) is 0 Å². The van der Waals surface area contributed by atoms with E-state index in [1.54, 1.807) is 24.3 Å². The fourth-order valence-electron chi connectivity index (χ4n) is 2.89. The van der Waals surface area contributed by atoms with Gasteiger partial charge >= 0.3 is 0 Å². The van der Waals surface area contributed by atoms with Gasteiger partial charge in [-0.1, -0.05) is 12.1 Å². The van der Waals surface area contributed by atoms with Crippen LogP contribution in [0, 0.1) is 0 Å². The summed E-state index contributed by atoms with van der Waals surface area (Å²) >= 11 is -1.26. The molecule has 1 aliphatic rings. The molecule has 0 fully saturated rings. The Bertz CT molecular complexity index is 679. The summed E-state index contributed by atoms with van der Waals surface area (Å²) in [6.45, 7) is 4.45. The third-order valence-corrected chi connectivity index (χ3v) is 4.89. The lowest BCUT2D eigenvalue weighted by molar-refractivity contribution is -0.00455. The van der Waals surface area contributed by atoms with E-state index in [2.05, 4.69) is 0 Å². The highest BCUT2D eigenvalue weighted by atomic mass is 32.2. The van der Waals surface area contributed by atoms with Crippen molar-refractivity contribution in [3.63, 3.8) is 0 Å². The van der Waals surface area contributed by atoms with Crippen LogP contribution in [0.15, 0.2) is 24.3 Å². The lowest BCUT2D eigenvalue weighted by atomic mass is 10.1.